The van der Waals surface area contributed by atoms with E-state index in [0.29, 0.717) is 19.0 Å². The average Bonchev–Trinajstić information content (AvgIpc) is 2.78. The van der Waals surface area contributed by atoms with E-state index in [2.05, 4.69) is 9.88 Å². The maximum Gasteiger partial charge on any atom is 0.230 e. The summed E-state index contributed by atoms with van der Waals surface area (Å²) in [6, 6.07) is 3.94. The van der Waals surface area contributed by atoms with Gasteiger partial charge in [-0.05, 0) is 43.5 Å². The van der Waals surface area contributed by atoms with E-state index in [1.807, 2.05) is 17.0 Å². The van der Waals surface area contributed by atoms with Crippen LogP contribution in [0.15, 0.2) is 24.5 Å². The number of carbonyl (C=O) groups is 1. The lowest BCUT2D eigenvalue weighted by atomic mass is 9.78. The van der Waals surface area contributed by atoms with Gasteiger partial charge in [0.05, 0.1) is 12.0 Å². The second-order valence-corrected chi connectivity index (χ2v) is 6.22. The molecule has 3 heterocycles. The van der Waals surface area contributed by atoms with Crippen molar-refractivity contribution in [2.24, 2.45) is 5.41 Å². The van der Waals surface area contributed by atoms with Gasteiger partial charge in [0.2, 0.25) is 5.91 Å². The van der Waals surface area contributed by atoms with Crippen molar-refractivity contribution in [3.63, 3.8) is 0 Å². The van der Waals surface area contributed by atoms with Gasteiger partial charge < -0.3 is 10.0 Å². The van der Waals surface area contributed by atoms with Gasteiger partial charge in [-0.2, -0.15) is 0 Å². The number of rotatable bonds is 4. The maximum absolute atomic E-state index is 12.9. The average molecular weight is 289 g/mol. The number of carbonyl (C=O) groups excluding carboxylic acids is 1. The summed E-state index contributed by atoms with van der Waals surface area (Å²) in [6.45, 7) is 4.18. The molecule has 0 unspecified atom stereocenters. The Balaban J connectivity index is 1.68. The van der Waals surface area contributed by atoms with Crippen LogP contribution < -0.4 is 0 Å². The lowest BCUT2D eigenvalue weighted by molar-refractivity contribution is -0.139. The van der Waals surface area contributed by atoms with Gasteiger partial charge >= 0.3 is 0 Å². The molecule has 2 saturated heterocycles. The Bertz CT molecular complexity index is 492. The van der Waals surface area contributed by atoms with E-state index in [-0.39, 0.29) is 12.0 Å². The third kappa shape index (κ3) is 2.94. The third-order valence-corrected chi connectivity index (χ3v) is 4.80. The van der Waals surface area contributed by atoms with Crippen molar-refractivity contribution in [2.45, 2.75) is 25.8 Å². The quantitative estimate of drug-likeness (QED) is 0.894. The molecular weight excluding hydrogens is 266 g/mol. The zero-order valence-electron chi connectivity index (χ0n) is 12.4. The number of aromatic nitrogens is 1. The highest BCUT2D eigenvalue weighted by Crippen LogP contribution is 2.40. The summed E-state index contributed by atoms with van der Waals surface area (Å²) >= 11 is 0. The van der Waals surface area contributed by atoms with Gasteiger partial charge in [-0.1, -0.05) is 0 Å². The molecule has 0 radical (unpaired) electrons. The Morgan fingerprint density at radius 1 is 1.24 bits per heavy atom. The molecule has 3 rings (SSSR count). The number of aliphatic hydroxyl groups excluding tert-OH is 1. The summed E-state index contributed by atoms with van der Waals surface area (Å²) in [6.07, 6.45) is 6.53. The highest BCUT2D eigenvalue weighted by Gasteiger charge is 2.48. The smallest absolute Gasteiger partial charge is 0.230 e. The van der Waals surface area contributed by atoms with E-state index in [9.17, 15) is 4.79 Å². The van der Waals surface area contributed by atoms with Gasteiger partial charge in [0.15, 0.2) is 0 Å². The van der Waals surface area contributed by atoms with Crippen LogP contribution in [0.25, 0.3) is 0 Å². The summed E-state index contributed by atoms with van der Waals surface area (Å²) in [7, 11) is 0. The van der Waals surface area contributed by atoms with Gasteiger partial charge in [0.1, 0.15) is 0 Å². The lowest BCUT2D eigenvalue weighted by Crippen LogP contribution is -2.48. The first-order valence-electron chi connectivity index (χ1n) is 7.75. The predicted molar refractivity (Wildman–Crippen MR) is 79.5 cm³/mol. The van der Waals surface area contributed by atoms with E-state index in [1.165, 1.54) is 0 Å². The molecule has 0 aromatic carbocycles. The minimum atomic E-state index is -0.208. The molecule has 1 aromatic rings. The predicted octanol–water partition coefficient (Wildman–Crippen LogP) is 0.888. The molecule has 1 aromatic heterocycles. The maximum atomic E-state index is 12.9. The van der Waals surface area contributed by atoms with Crippen molar-refractivity contribution in [1.82, 2.24) is 14.8 Å². The van der Waals surface area contributed by atoms with Crippen LogP contribution in [0.5, 0.6) is 0 Å². The molecule has 0 bridgehead atoms. The third-order valence-electron chi connectivity index (χ3n) is 4.80. The van der Waals surface area contributed by atoms with E-state index >= 15 is 0 Å². The normalized spacial score (nSPS) is 26.7. The molecule has 2 fully saturated rings. The van der Waals surface area contributed by atoms with Gasteiger partial charge in [0, 0.05) is 38.6 Å². The van der Waals surface area contributed by atoms with E-state index in [1.54, 1.807) is 12.4 Å². The monoisotopic (exact) mass is 289 g/mol. The minimum absolute atomic E-state index is 0.172. The molecule has 5 heteroatoms. The molecule has 1 amide bonds. The van der Waals surface area contributed by atoms with Crippen LogP contribution in [0.2, 0.25) is 0 Å². The fourth-order valence-corrected chi connectivity index (χ4v) is 3.69. The number of pyridine rings is 1. The van der Waals surface area contributed by atoms with Gasteiger partial charge in [-0.3, -0.25) is 14.7 Å². The zero-order valence-corrected chi connectivity index (χ0v) is 12.4. The lowest BCUT2D eigenvalue weighted by Gasteiger charge is -2.38. The molecule has 0 aliphatic carbocycles. The van der Waals surface area contributed by atoms with Crippen molar-refractivity contribution in [3.05, 3.63) is 30.1 Å². The van der Waals surface area contributed by atoms with Crippen LogP contribution in [-0.4, -0.2) is 58.6 Å². The highest BCUT2D eigenvalue weighted by molar-refractivity contribution is 5.85. The van der Waals surface area contributed by atoms with Crippen molar-refractivity contribution >= 4 is 5.91 Å². The Kier molecular flexibility index (Phi) is 4.22. The molecule has 5 nitrogen and oxygen atoms in total. The SMILES string of the molecule is O=C1N(Cc2ccncc2)CC[C@]12CCCN(CCO)C2. The van der Waals surface area contributed by atoms with E-state index < -0.39 is 0 Å². The fraction of sp³-hybridized carbons (Fsp3) is 0.625. The number of nitrogens with zero attached hydrogens (tertiary/aromatic N) is 3. The van der Waals surface area contributed by atoms with Crippen LogP contribution in [0.3, 0.4) is 0 Å². The Hall–Kier alpha value is -1.46. The zero-order chi connectivity index (χ0) is 14.7. The van der Waals surface area contributed by atoms with E-state index in [0.717, 1.165) is 44.5 Å². The minimum Gasteiger partial charge on any atom is -0.395 e. The van der Waals surface area contributed by atoms with Crippen LogP contribution in [-0.2, 0) is 11.3 Å². The Morgan fingerprint density at radius 2 is 2.05 bits per heavy atom. The van der Waals surface area contributed by atoms with Crippen LogP contribution in [0.1, 0.15) is 24.8 Å². The molecular formula is C16H23N3O2. The van der Waals surface area contributed by atoms with Crippen LogP contribution in [0, 0.1) is 5.41 Å². The number of amides is 1. The molecule has 2 aliphatic rings. The number of hydrogen-bond donors (Lipinski definition) is 1. The largest absolute Gasteiger partial charge is 0.395 e. The molecule has 1 N–H and O–H groups in total. The first kappa shape index (κ1) is 14.5. The summed E-state index contributed by atoms with van der Waals surface area (Å²) < 4.78 is 0. The first-order chi connectivity index (χ1) is 10.2. The summed E-state index contributed by atoms with van der Waals surface area (Å²) in [5.41, 5.74) is 0.930. The summed E-state index contributed by atoms with van der Waals surface area (Å²) in [5.74, 6) is 0.293. The molecule has 1 atom stereocenters. The summed E-state index contributed by atoms with van der Waals surface area (Å²) in [5, 5.41) is 9.12. The van der Waals surface area contributed by atoms with Crippen molar-refractivity contribution in [1.29, 1.82) is 0 Å². The first-order valence-corrected chi connectivity index (χ1v) is 7.75. The van der Waals surface area contributed by atoms with Crippen molar-refractivity contribution < 1.29 is 9.90 Å². The van der Waals surface area contributed by atoms with Gasteiger partial charge in [-0.25, -0.2) is 0 Å². The number of aliphatic hydroxyl groups is 1. The van der Waals surface area contributed by atoms with Crippen LogP contribution >= 0.6 is 0 Å². The molecule has 1 spiro atoms. The van der Waals surface area contributed by atoms with Gasteiger partial charge in [-0.15, -0.1) is 0 Å². The number of likely N-dealkylation sites (tertiary alicyclic amines) is 2. The standard InChI is InChI=1S/C16H23N3O2/c20-11-10-18-8-1-4-16(13-18)5-9-19(15(16)21)12-14-2-6-17-7-3-14/h2-3,6-7,20H,1,4-5,8-13H2/t16-/m0/s1. The number of β-amino-alcohol motifs (C(OH)–C–C–N with tert-alkyl or cyclic N) is 1. The number of piperidine rings is 1. The van der Waals surface area contributed by atoms with E-state index in [4.69, 9.17) is 5.11 Å². The van der Waals surface area contributed by atoms with Crippen molar-refractivity contribution in [2.75, 3.05) is 32.8 Å². The second kappa shape index (κ2) is 6.12. The van der Waals surface area contributed by atoms with Crippen molar-refractivity contribution in [3.8, 4) is 0 Å². The second-order valence-electron chi connectivity index (χ2n) is 6.22. The molecule has 21 heavy (non-hydrogen) atoms. The number of hydrogen-bond acceptors (Lipinski definition) is 4. The van der Waals surface area contributed by atoms with Crippen LogP contribution in [0.4, 0.5) is 0 Å². The molecule has 2 aliphatic heterocycles. The Morgan fingerprint density at radius 3 is 2.81 bits per heavy atom. The Labute approximate surface area is 125 Å². The topological polar surface area (TPSA) is 56.7 Å². The van der Waals surface area contributed by atoms with Gasteiger partial charge in [0.25, 0.3) is 0 Å². The summed E-state index contributed by atoms with van der Waals surface area (Å²) in [4.78, 5) is 21.1. The molecule has 114 valence electrons. The molecule has 0 saturated carbocycles. The highest BCUT2D eigenvalue weighted by atomic mass is 16.3. The fourth-order valence-electron chi connectivity index (χ4n) is 3.69.